The second-order valence-corrected chi connectivity index (χ2v) is 7.72. The number of hydrogen-bond acceptors (Lipinski definition) is 3. The molecule has 0 radical (unpaired) electrons. The number of nitrogens with zero attached hydrogens (tertiary/aromatic N) is 5. The molecule has 0 aliphatic heterocycles. The molecule has 0 N–H and O–H groups in total. The van der Waals surface area contributed by atoms with E-state index < -0.39 is 5.41 Å². The van der Waals surface area contributed by atoms with E-state index in [2.05, 4.69) is 28.0 Å². The number of hydrogen-bond donors (Lipinski definition) is 0. The lowest BCUT2D eigenvalue weighted by molar-refractivity contribution is 0.322. The van der Waals surface area contributed by atoms with Crippen LogP contribution in [0.15, 0.2) is 90.0 Å². The highest BCUT2D eigenvalue weighted by Gasteiger charge is 2.33. The van der Waals surface area contributed by atoms with E-state index in [-0.39, 0.29) is 0 Å². The van der Waals surface area contributed by atoms with Gasteiger partial charge in [0.25, 0.3) is 0 Å². The van der Waals surface area contributed by atoms with Gasteiger partial charge in [-0.25, -0.2) is 0 Å². The predicted octanol–water partition coefficient (Wildman–Crippen LogP) is 6.39. The quantitative estimate of drug-likeness (QED) is 0.221. The van der Waals surface area contributed by atoms with Gasteiger partial charge in [-0.3, -0.25) is 0 Å². The lowest BCUT2D eigenvalue weighted by Gasteiger charge is -2.29. The molecule has 0 bridgehead atoms. The third-order valence-electron chi connectivity index (χ3n) is 5.72. The van der Waals surface area contributed by atoms with Gasteiger partial charge in [-0.15, -0.1) is 0 Å². The second-order valence-electron chi connectivity index (χ2n) is 7.72. The van der Waals surface area contributed by atoms with Gasteiger partial charge in [0.1, 0.15) is 5.41 Å². The van der Waals surface area contributed by atoms with Crippen molar-refractivity contribution >= 4 is 5.69 Å². The van der Waals surface area contributed by atoms with Crippen LogP contribution in [0.2, 0.25) is 0 Å². The summed E-state index contributed by atoms with van der Waals surface area (Å²) in [5.41, 5.74) is 11.9. The summed E-state index contributed by atoms with van der Waals surface area (Å²) in [6.45, 7) is 1.74. The van der Waals surface area contributed by atoms with Crippen LogP contribution in [0, 0.1) is 11.3 Å². The molecule has 5 heteroatoms. The van der Waals surface area contributed by atoms with Crippen LogP contribution in [0.1, 0.15) is 29.5 Å². The van der Waals surface area contributed by atoms with E-state index >= 15 is 0 Å². The molecule has 0 atom stereocenters. The van der Waals surface area contributed by atoms with Crippen molar-refractivity contribution in [2.45, 2.75) is 24.7 Å². The van der Waals surface area contributed by atoms with E-state index in [1.807, 2.05) is 84.9 Å². The number of nitriles is 1. The first-order valence-corrected chi connectivity index (χ1v) is 10.5. The minimum atomic E-state index is -0.655. The normalized spacial score (nSPS) is 11.0. The molecule has 0 fully saturated rings. The summed E-state index contributed by atoms with van der Waals surface area (Å²) in [5, 5.41) is 14.1. The van der Waals surface area contributed by atoms with Crippen molar-refractivity contribution in [3.8, 4) is 6.07 Å². The summed E-state index contributed by atoms with van der Waals surface area (Å²) < 4.78 is 0. The largest absolute Gasteiger partial charge is 0.306 e. The average Bonchev–Trinajstić information content (AvgIpc) is 2.83. The minimum absolute atomic E-state index is 0.655. The van der Waals surface area contributed by atoms with Gasteiger partial charge in [-0.1, -0.05) is 90.0 Å². The molecule has 0 saturated heterocycles. The van der Waals surface area contributed by atoms with Crippen LogP contribution < -0.4 is 0 Å². The van der Waals surface area contributed by atoms with Gasteiger partial charge < -0.3 is 4.90 Å². The summed E-state index contributed by atoms with van der Waals surface area (Å²) >= 11 is 0. The Kier molecular flexibility index (Phi) is 7.84. The van der Waals surface area contributed by atoms with Crippen LogP contribution >= 0.6 is 0 Å². The Balaban J connectivity index is 1.66. The van der Waals surface area contributed by atoms with E-state index in [1.165, 1.54) is 0 Å². The zero-order chi connectivity index (χ0) is 21.9. The molecule has 31 heavy (non-hydrogen) atoms. The molecular formula is C26H27N5. The smallest absolute Gasteiger partial charge is 0.107 e. The zero-order valence-corrected chi connectivity index (χ0v) is 17.9. The molecule has 0 aromatic heterocycles. The average molecular weight is 410 g/mol. The lowest BCUT2D eigenvalue weighted by Crippen LogP contribution is -2.29. The molecular weight excluding hydrogens is 382 g/mol. The lowest BCUT2D eigenvalue weighted by atomic mass is 9.72. The Labute approximate surface area is 184 Å². The standard InChI is InChI=1S/C26H27N5/c1-31(20-17-22-11-8-9-16-25(22)29-30-28)19-10-18-26(21-27,23-12-4-2-5-13-23)24-14-6-3-7-15-24/h2-9,11-16H,10,17-20H2,1H3. The molecule has 0 aliphatic rings. The first kappa shape index (κ1) is 22.1. The van der Waals surface area contributed by atoms with Crippen LogP contribution in [-0.2, 0) is 11.8 Å². The first-order chi connectivity index (χ1) is 15.2. The zero-order valence-electron chi connectivity index (χ0n) is 17.9. The molecule has 0 unspecified atom stereocenters. The molecule has 0 saturated carbocycles. The third-order valence-corrected chi connectivity index (χ3v) is 5.72. The first-order valence-electron chi connectivity index (χ1n) is 10.5. The maximum absolute atomic E-state index is 10.3. The molecule has 3 aromatic carbocycles. The SMILES string of the molecule is CN(CCCC(C#N)(c1ccccc1)c1ccccc1)CCc1ccccc1N=[N+]=[N-]. The molecule has 3 rings (SSSR count). The summed E-state index contributed by atoms with van der Waals surface area (Å²) in [5.74, 6) is 0. The number of rotatable bonds is 10. The maximum Gasteiger partial charge on any atom is 0.107 e. The van der Waals surface area contributed by atoms with Gasteiger partial charge in [0, 0.05) is 17.1 Å². The van der Waals surface area contributed by atoms with Crippen LogP contribution in [0.4, 0.5) is 5.69 Å². The summed E-state index contributed by atoms with van der Waals surface area (Å²) in [6.07, 6.45) is 2.45. The fourth-order valence-electron chi connectivity index (χ4n) is 3.99. The van der Waals surface area contributed by atoms with Crippen molar-refractivity contribution < 1.29 is 0 Å². The second kappa shape index (κ2) is 11.0. The van der Waals surface area contributed by atoms with E-state index in [9.17, 15) is 5.26 Å². The molecule has 0 aliphatic carbocycles. The Morgan fingerprint density at radius 1 is 0.903 bits per heavy atom. The Morgan fingerprint density at radius 2 is 1.48 bits per heavy atom. The Hall–Kier alpha value is -3.58. The topological polar surface area (TPSA) is 75.8 Å². The van der Waals surface area contributed by atoms with Crippen molar-refractivity contribution in [2.24, 2.45) is 5.11 Å². The van der Waals surface area contributed by atoms with E-state index in [0.29, 0.717) is 5.69 Å². The van der Waals surface area contributed by atoms with Gasteiger partial charge in [-0.2, -0.15) is 5.26 Å². The third kappa shape index (κ3) is 5.52. The highest BCUT2D eigenvalue weighted by molar-refractivity contribution is 5.46. The molecule has 0 spiro atoms. The number of benzene rings is 3. The number of likely N-dealkylation sites (N-methyl/N-ethyl adjacent to an activating group) is 1. The molecule has 0 heterocycles. The van der Waals surface area contributed by atoms with Crippen molar-refractivity contribution in [1.29, 1.82) is 5.26 Å². The van der Waals surface area contributed by atoms with Gasteiger partial charge in [-0.05, 0) is 55.1 Å². The summed E-state index contributed by atoms with van der Waals surface area (Å²) in [6, 6.07) is 30.5. The molecule has 0 amide bonds. The minimum Gasteiger partial charge on any atom is -0.306 e. The molecule has 3 aromatic rings. The van der Waals surface area contributed by atoms with E-state index in [4.69, 9.17) is 5.53 Å². The highest BCUT2D eigenvalue weighted by atomic mass is 15.1. The van der Waals surface area contributed by atoms with Gasteiger partial charge in [0.15, 0.2) is 0 Å². The van der Waals surface area contributed by atoms with Crippen LogP contribution in [0.5, 0.6) is 0 Å². The molecule has 156 valence electrons. The Bertz CT molecular complexity index is 1010. The predicted molar refractivity (Wildman–Crippen MR) is 125 cm³/mol. The van der Waals surface area contributed by atoms with Crippen molar-refractivity contribution in [3.05, 3.63) is 112 Å². The van der Waals surface area contributed by atoms with Crippen LogP contribution in [0.3, 0.4) is 0 Å². The summed E-state index contributed by atoms with van der Waals surface area (Å²) in [7, 11) is 2.09. The monoisotopic (exact) mass is 409 g/mol. The van der Waals surface area contributed by atoms with Crippen molar-refractivity contribution in [3.63, 3.8) is 0 Å². The van der Waals surface area contributed by atoms with Crippen LogP contribution in [0.25, 0.3) is 10.4 Å². The molecule has 5 nitrogen and oxygen atoms in total. The van der Waals surface area contributed by atoms with Gasteiger partial charge >= 0.3 is 0 Å². The fraction of sp³-hybridized carbons (Fsp3) is 0.269. The summed E-state index contributed by atoms with van der Waals surface area (Å²) in [4.78, 5) is 5.19. The van der Waals surface area contributed by atoms with E-state index in [1.54, 1.807) is 0 Å². The van der Waals surface area contributed by atoms with Crippen molar-refractivity contribution in [2.75, 3.05) is 20.1 Å². The van der Waals surface area contributed by atoms with E-state index in [0.717, 1.165) is 49.0 Å². The highest BCUT2D eigenvalue weighted by Crippen LogP contribution is 2.36. The Morgan fingerprint density at radius 3 is 2.06 bits per heavy atom. The van der Waals surface area contributed by atoms with Crippen molar-refractivity contribution in [1.82, 2.24) is 4.90 Å². The van der Waals surface area contributed by atoms with Gasteiger partial charge in [0.05, 0.1) is 6.07 Å². The maximum atomic E-state index is 10.3. The number of azide groups is 1. The van der Waals surface area contributed by atoms with Gasteiger partial charge in [0.2, 0.25) is 0 Å². The van der Waals surface area contributed by atoms with Crippen LogP contribution in [-0.4, -0.2) is 25.0 Å². The fourth-order valence-corrected chi connectivity index (χ4v) is 3.99.